The summed E-state index contributed by atoms with van der Waals surface area (Å²) in [7, 11) is -0.802. The van der Waals surface area contributed by atoms with E-state index in [-0.39, 0.29) is 11.8 Å². The number of furan rings is 1. The Labute approximate surface area is 103 Å². The molecule has 2 rings (SSSR count). The van der Waals surface area contributed by atoms with Crippen LogP contribution < -0.4 is 0 Å². The SMILES string of the molecule is Cc1ccoc1C(=O)N1CCS(=O)CC(C)C1. The number of hydrogen-bond acceptors (Lipinski definition) is 3. The Morgan fingerprint density at radius 1 is 1.59 bits per heavy atom. The van der Waals surface area contributed by atoms with Crippen molar-refractivity contribution in [2.24, 2.45) is 5.92 Å². The van der Waals surface area contributed by atoms with Gasteiger partial charge >= 0.3 is 0 Å². The van der Waals surface area contributed by atoms with Gasteiger partial charge in [-0.2, -0.15) is 0 Å². The van der Waals surface area contributed by atoms with E-state index in [9.17, 15) is 9.00 Å². The van der Waals surface area contributed by atoms with E-state index in [2.05, 4.69) is 0 Å². The molecule has 1 amide bonds. The summed E-state index contributed by atoms with van der Waals surface area (Å²) in [6, 6.07) is 1.78. The number of nitrogens with zero attached hydrogens (tertiary/aromatic N) is 1. The highest BCUT2D eigenvalue weighted by Crippen LogP contribution is 2.15. The molecule has 17 heavy (non-hydrogen) atoms. The molecule has 1 saturated heterocycles. The molecule has 0 N–H and O–H groups in total. The van der Waals surface area contributed by atoms with Crippen LogP contribution >= 0.6 is 0 Å². The molecule has 0 aliphatic carbocycles. The fourth-order valence-corrected chi connectivity index (χ4v) is 3.38. The van der Waals surface area contributed by atoms with Crippen LogP contribution in [0.1, 0.15) is 23.0 Å². The van der Waals surface area contributed by atoms with Gasteiger partial charge in [-0.25, -0.2) is 0 Å². The van der Waals surface area contributed by atoms with Gasteiger partial charge in [0.2, 0.25) is 0 Å². The maximum atomic E-state index is 12.2. The molecule has 0 aromatic carbocycles. The molecule has 0 saturated carbocycles. The lowest BCUT2D eigenvalue weighted by molar-refractivity contribution is 0.0718. The van der Waals surface area contributed by atoms with E-state index in [1.54, 1.807) is 11.0 Å². The summed E-state index contributed by atoms with van der Waals surface area (Å²) in [5, 5.41) is 0. The minimum absolute atomic E-state index is 0.0850. The molecular weight excluding hydrogens is 238 g/mol. The molecule has 2 unspecified atom stereocenters. The fourth-order valence-electron chi connectivity index (χ4n) is 2.05. The molecule has 4 nitrogen and oxygen atoms in total. The van der Waals surface area contributed by atoms with E-state index in [4.69, 9.17) is 4.42 Å². The van der Waals surface area contributed by atoms with Gasteiger partial charge in [0.15, 0.2) is 5.76 Å². The first kappa shape index (κ1) is 12.4. The van der Waals surface area contributed by atoms with Crippen molar-refractivity contribution in [2.75, 3.05) is 24.6 Å². The maximum absolute atomic E-state index is 12.2. The topological polar surface area (TPSA) is 50.5 Å². The van der Waals surface area contributed by atoms with Crippen molar-refractivity contribution in [2.45, 2.75) is 13.8 Å². The van der Waals surface area contributed by atoms with E-state index in [1.807, 2.05) is 13.8 Å². The lowest BCUT2D eigenvalue weighted by Crippen LogP contribution is -2.35. The van der Waals surface area contributed by atoms with Crippen molar-refractivity contribution in [3.05, 3.63) is 23.7 Å². The van der Waals surface area contributed by atoms with Gasteiger partial charge in [0, 0.05) is 41.0 Å². The molecule has 94 valence electrons. The largest absolute Gasteiger partial charge is 0.459 e. The molecule has 1 aromatic heterocycles. The lowest BCUT2D eigenvalue weighted by atomic mass is 10.2. The number of aryl methyl sites for hydroxylation is 1. The Morgan fingerprint density at radius 2 is 2.35 bits per heavy atom. The average molecular weight is 255 g/mol. The van der Waals surface area contributed by atoms with Gasteiger partial charge in [-0.05, 0) is 18.9 Å². The quantitative estimate of drug-likeness (QED) is 0.762. The minimum Gasteiger partial charge on any atom is -0.459 e. The van der Waals surface area contributed by atoms with Crippen molar-refractivity contribution in [1.82, 2.24) is 4.90 Å². The second-order valence-corrected chi connectivity index (χ2v) is 6.22. The van der Waals surface area contributed by atoms with Crippen LogP contribution in [0.3, 0.4) is 0 Å². The summed E-state index contributed by atoms with van der Waals surface area (Å²) < 4.78 is 16.8. The van der Waals surface area contributed by atoms with Crippen LogP contribution in [-0.2, 0) is 10.8 Å². The van der Waals surface area contributed by atoms with Crippen LogP contribution in [0.15, 0.2) is 16.7 Å². The Morgan fingerprint density at radius 3 is 3.00 bits per heavy atom. The van der Waals surface area contributed by atoms with Crippen LogP contribution in [-0.4, -0.2) is 39.6 Å². The third-order valence-corrected chi connectivity index (χ3v) is 4.51. The Bertz CT molecular complexity index is 441. The molecule has 2 heterocycles. The van der Waals surface area contributed by atoms with Crippen LogP contribution in [0.2, 0.25) is 0 Å². The predicted molar refractivity (Wildman–Crippen MR) is 66.4 cm³/mol. The molecule has 1 aliphatic rings. The highest BCUT2D eigenvalue weighted by molar-refractivity contribution is 7.85. The highest BCUT2D eigenvalue weighted by Gasteiger charge is 2.25. The fraction of sp³-hybridized carbons (Fsp3) is 0.583. The Kier molecular flexibility index (Phi) is 3.66. The van der Waals surface area contributed by atoms with Crippen LogP contribution in [0.25, 0.3) is 0 Å². The number of amides is 1. The van der Waals surface area contributed by atoms with E-state index < -0.39 is 10.8 Å². The zero-order chi connectivity index (χ0) is 12.4. The minimum atomic E-state index is -0.802. The van der Waals surface area contributed by atoms with Crippen molar-refractivity contribution in [1.29, 1.82) is 0 Å². The molecule has 1 aliphatic heterocycles. The third kappa shape index (κ3) is 2.77. The molecule has 1 fully saturated rings. The van der Waals surface area contributed by atoms with Gasteiger partial charge in [0.25, 0.3) is 5.91 Å². The summed E-state index contributed by atoms with van der Waals surface area (Å²) >= 11 is 0. The van der Waals surface area contributed by atoms with Gasteiger partial charge in [0.05, 0.1) is 6.26 Å². The Balaban J connectivity index is 2.14. The van der Waals surface area contributed by atoms with Gasteiger partial charge in [-0.3, -0.25) is 9.00 Å². The molecule has 0 radical (unpaired) electrons. The first-order valence-electron chi connectivity index (χ1n) is 5.76. The molecule has 1 aromatic rings. The van der Waals surface area contributed by atoms with Crippen LogP contribution in [0, 0.1) is 12.8 Å². The van der Waals surface area contributed by atoms with E-state index in [0.717, 1.165) is 5.56 Å². The van der Waals surface area contributed by atoms with Crippen molar-refractivity contribution >= 4 is 16.7 Å². The summed E-state index contributed by atoms with van der Waals surface area (Å²) in [6.45, 7) is 5.09. The maximum Gasteiger partial charge on any atom is 0.289 e. The van der Waals surface area contributed by atoms with Crippen molar-refractivity contribution < 1.29 is 13.4 Å². The third-order valence-electron chi connectivity index (χ3n) is 2.93. The summed E-state index contributed by atoms with van der Waals surface area (Å²) in [4.78, 5) is 14.0. The predicted octanol–water partition coefficient (Wildman–Crippen LogP) is 1.43. The van der Waals surface area contributed by atoms with Crippen LogP contribution in [0.5, 0.6) is 0 Å². The molecule has 2 atom stereocenters. The molecule has 0 bridgehead atoms. The molecular formula is C12H17NO3S. The monoisotopic (exact) mass is 255 g/mol. The summed E-state index contributed by atoms with van der Waals surface area (Å²) in [5.41, 5.74) is 0.855. The number of carbonyl (C=O) groups is 1. The van der Waals surface area contributed by atoms with E-state index in [1.165, 1.54) is 6.26 Å². The second-order valence-electron chi connectivity index (χ2n) is 4.60. The Hall–Kier alpha value is -1.10. The van der Waals surface area contributed by atoms with E-state index in [0.29, 0.717) is 30.4 Å². The average Bonchev–Trinajstić information content (AvgIpc) is 2.61. The van der Waals surface area contributed by atoms with Crippen molar-refractivity contribution in [3.63, 3.8) is 0 Å². The van der Waals surface area contributed by atoms with Gasteiger partial charge in [-0.1, -0.05) is 6.92 Å². The van der Waals surface area contributed by atoms with Gasteiger partial charge in [-0.15, -0.1) is 0 Å². The van der Waals surface area contributed by atoms with Crippen molar-refractivity contribution in [3.8, 4) is 0 Å². The lowest BCUT2D eigenvalue weighted by Gasteiger charge is -2.21. The zero-order valence-corrected chi connectivity index (χ0v) is 11.0. The standard InChI is InChI=1S/C12H17NO3S/c1-9-7-13(4-6-17(15)8-9)12(14)11-10(2)3-5-16-11/h3,5,9H,4,6-8H2,1-2H3. The van der Waals surface area contributed by atoms with Crippen LogP contribution in [0.4, 0.5) is 0 Å². The summed E-state index contributed by atoms with van der Waals surface area (Å²) in [5.74, 6) is 1.84. The smallest absolute Gasteiger partial charge is 0.289 e. The number of carbonyl (C=O) groups excluding carboxylic acids is 1. The number of rotatable bonds is 1. The zero-order valence-electron chi connectivity index (χ0n) is 10.1. The molecule has 0 spiro atoms. The normalized spacial score (nSPS) is 25.6. The van der Waals surface area contributed by atoms with E-state index >= 15 is 0 Å². The number of hydrogen-bond donors (Lipinski definition) is 0. The summed E-state index contributed by atoms with van der Waals surface area (Å²) in [6.07, 6.45) is 1.53. The van der Waals surface area contributed by atoms with Gasteiger partial charge in [0.1, 0.15) is 0 Å². The van der Waals surface area contributed by atoms with Gasteiger partial charge < -0.3 is 9.32 Å². The second kappa shape index (κ2) is 5.04. The molecule has 5 heteroatoms. The highest BCUT2D eigenvalue weighted by atomic mass is 32.2. The first-order valence-corrected chi connectivity index (χ1v) is 7.25. The first-order chi connectivity index (χ1) is 8.08.